The summed E-state index contributed by atoms with van der Waals surface area (Å²) in [6.45, 7) is 9.21. The van der Waals surface area contributed by atoms with E-state index in [2.05, 4.69) is 33.8 Å². The van der Waals surface area contributed by atoms with Gasteiger partial charge in [-0.15, -0.1) is 0 Å². The quantitative estimate of drug-likeness (QED) is 0.681. The van der Waals surface area contributed by atoms with E-state index in [0.29, 0.717) is 17.9 Å². The summed E-state index contributed by atoms with van der Waals surface area (Å²) in [6.07, 6.45) is 3.00. The zero-order valence-corrected chi connectivity index (χ0v) is 15.4. The van der Waals surface area contributed by atoms with Crippen LogP contribution in [0.5, 0.6) is 5.75 Å². The Morgan fingerprint density at radius 1 is 1.00 bits per heavy atom. The molecule has 0 saturated carbocycles. The first-order chi connectivity index (χ1) is 11.7. The lowest BCUT2D eigenvalue weighted by Gasteiger charge is -2.42. The summed E-state index contributed by atoms with van der Waals surface area (Å²) in [5, 5.41) is 0. The van der Waals surface area contributed by atoms with Crippen LogP contribution in [0.25, 0.3) is 0 Å². The smallest absolute Gasteiger partial charge is 0.153 e. The van der Waals surface area contributed by atoms with E-state index in [1.165, 1.54) is 17.7 Å². The Morgan fingerprint density at radius 3 is 2.28 bits per heavy atom. The van der Waals surface area contributed by atoms with Crippen LogP contribution in [0.3, 0.4) is 0 Å². The lowest BCUT2D eigenvalue weighted by molar-refractivity contribution is 0.111. The average Bonchev–Trinajstić information content (AvgIpc) is 2.58. The van der Waals surface area contributed by atoms with Gasteiger partial charge in [-0.2, -0.15) is 0 Å². The molecule has 0 aromatic heterocycles. The number of ether oxygens (including phenoxy) is 1. The molecule has 2 aromatic rings. The monoisotopic (exact) mass is 340 g/mol. The summed E-state index contributed by atoms with van der Waals surface area (Å²) in [4.78, 5) is 11.6. The number of aldehydes is 1. The van der Waals surface area contributed by atoms with Crippen LogP contribution in [0.1, 0.15) is 67.6 Å². The fourth-order valence-electron chi connectivity index (χ4n) is 3.70. The number of carbonyl (C=O) groups is 1. The molecular formula is C22H25FO2. The summed E-state index contributed by atoms with van der Waals surface area (Å²) in [6, 6.07) is 10.2. The first-order valence-corrected chi connectivity index (χ1v) is 8.75. The van der Waals surface area contributed by atoms with Gasteiger partial charge in [-0.1, -0.05) is 45.9 Å². The molecule has 25 heavy (non-hydrogen) atoms. The van der Waals surface area contributed by atoms with Gasteiger partial charge < -0.3 is 4.74 Å². The van der Waals surface area contributed by atoms with Crippen molar-refractivity contribution in [3.8, 4) is 5.75 Å². The number of fused-ring (bicyclic) bond motifs is 1. The van der Waals surface area contributed by atoms with Crippen molar-refractivity contribution in [1.29, 1.82) is 0 Å². The minimum Gasteiger partial charge on any atom is -0.488 e. The van der Waals surface area contributed by atoms with Crippen LogP contribution in [-0.2, 0) is 17.4 Å². The third-order valence-electron chi connectivity index (χ3n) is 5.39. The van der Waals surface area contributed by atoms with Gasteiger partial charge in [0.2, 0.25) is 0 Å². The van der Waals surface area contributed by atoms with Gasteiger partial charge >= 0.3 is 0 Å². The predicted molar refractivity (Wildman–Crippen MR) is 97.8 cm³/mol. The molecule has 0 saturated heterocycles. The highest BCUT2D eigenvalue weighted by Crippen LogP contribution is 2.50. The van der Waals surface area contributed by atoms with Crippen LogP contribution in [0.4, 0.5) is 4.39 Å². The molecule has 3 rings (SSSR count). The van der Waals surface area contributed by atoms with Crippen LogP contribution in [0, 0.1) is 5.82 Å². The van der Waals surface area contributed by atoms with Crippen LogP contribution < -0.4 is 4.74 Å². The zero-order valence-electron chi connectivity index (χ0n) is 15.4. The largest absolute Gasteiger partial charge is 0.488 e. The molecule has 0 atom stereocenters. The SMILES string of the molecule is CC1(C)CCC(C)(C)c2c1ccc(C=O)c2OCc1ccc(F)cc1. The van der Waals surface area contributed by atoms with Crippen molar-refractivity contribution in [1.82, 2.24) is 0 Å². The maximum absolute atomic E-state index is 13.1. The molecule has 2 nitrogen and oxygen atoms in total. The Labute approximate surface area is 149 Å². The Bertz CT molecular complexity index is 788. The molecule has 1 aliphatic rings. The summed E-state index contributed by atoms with van der Waals surface area (Å²) < 4.78 is 19.2. The highest BCUT2D eigenvalue weighted by Gasteiger charge is 2.40. The molecule has 0 aliphatic heterocycles. The normalized spacial score (nSPS) is 17.6. The van der Waals surface area contributed by atoms with Gasteiger partial charge in [0.25, 0.3) is 0 Å². The summed E-state index contributed by atoms with van der Waals surface area (Å²) >= 11 is 0. The maximum Gasteiger partial charge on any atom is 0.153 e. The second-order valence-electron chi connectivity index (χ2n) is 8.21. The van der Waals surface area contributed by atoms with Crippen molar-refractivity contribution < 1.29 is 13.9 Å². The number of carbonyl (C=O) groups excluding carboxylic acids is 1. The first-order valence-electron chi connectivity index (χ1n) is 8.75. The number of halogens is 1. The van der Waals surface area contributed by atoms with E-state index in [-0.39, 0.29) is 16.6 Å². The second kappa shape index (κ2) is 6.29. The standard InChI is InChI=1S/C22H25FO2/c1-21(2)11-12-22(3,4)19-18(21)10-7-16(13-24)20(19)25-14-15-5-8-17(23)9-6-15/h5-10,13H,11-12,14H2,1-4H3. The molecule has 0 radical (unpaired) electrons. The van der Waals surface area contributed by atoms with Gasteiger partial charge in [0.05, 0.1) is 5.56 Å². The minimum absolute atomic E-state index is 0.0536. The van der Waals surface area contributed by atoms with Gasteiger partial charge in [-0.3, -0.25) is 4.79 Å². The molecule has 3 heteroatoms. The van der Waals surface area contributed by atoms with Crippen molar-refractivity contribution in [3.63, 3.8) is 0 Å². The molecular weight excluding hydrogens is 315 g/mol. The summed E-state index contributed by atoms with van der Waals surface area (Å²) in [5.74, 6) is 0.409. The summed E-state index contributed by atoms with van der Waals surface area (Å²) in [7, 11) is 0. The highest BCUT2D eigenvalue weighted by atomic mass is 19.1. The zero-order chi connectivity index (χ0) is 18.2. The second-order valence-corrected chi connectivity index (χ2v) is 8.21. The Balaban J connectivity index is 2.05. The van der Waals surface area contributed by atoms with Crippen molar-refractivity contribution in [2.75, 3.05) is 0 Å². The Hall–Kier alpha value is -2.16. The third kappa shape index (κ3) is 3.33. The van der Waals surface area contributed by atoms with E-state index in [4.69, 9.17) is 4.74 Å². The number of hydrogen-bond donors (Lipinski definition) is 0. The number of rotatable bonds is 4. The van der Waals surface area contributed by atoms with E-state index in [1.807, 2.05) is 6.07 Å². The number of benzene rings is 2. The fraction of sp³-hybridized carbons (Fsp3) is 0.409. The molecule has 0 fully saturated rings. The number of hydrogen-bond acceptors (Lipinski definition) is 2. The average molecular weight is 340 g/mol. The Kier molecular flexibility index (Phi) is 4.44. The van der Waals surface area contributed by atoms with Crippen LogP contribution in [0.2, 0.25) is 0 Å². The molecule has 1 aliphatic carbocycles. The van der Waals surface area contributed by atoms with Crippen LogP contribution in [0.15, 0.2) is 36.4 Å². The van der Waals surface area contributed by atoms with Crippen molar-refractivity contribution in [2.45, 2.75) is 58.0 Å². The van der Waals surface area contributed by atoms with E-state index in [9.17, 15) is 9.18 Å². The van der Waals surface area contributed by atoms with Crippen molar-refractivity contribution in [2.24, 2.45) is 0 Å². The molecule has 0 N–H and O–H groups in total. The highest BCUT2D eigenvalue weighted by molar-refractivity contribution is 5.81. The lowest BCUT2D eigenvalue weighted by Crippen LogP contribution is -2.34. The fourth-order valence-corrected chi connectivity index (χ4v) is 3.70. The lowest BCUT2D eigenvalue weighted by atomic mass is 9.62. The van der Waals surface area contributed by atoms with E-state index in [0.717, 1.165) is 30.3 Å². The van der Waals surface area contributed by atoms with Crippen LogP contribution >= 0.6 is 0 Å². The molecule has 0 heterocycles. The first kappa shape index (κ1) is 17.7. The topological polar surface area (TPSA) is 26.3 Å². The third-order valence-corrected chi connectivity index (χ3v) is 5.39. The molecule has 0 unspecified atom stereocenters. The minimum atomic E-state index is -0.266. The van der Waals surface area contributed by atoms with Crippen molar-refractivity contribution in [3.05, 3.63) is 64.5 Å². The van der Waals surface area contributed by atoms with E-state index >= 15 is 0 Å². The molecule has 0 spiro atoms. The van der Waals surface area contributed by atoms with E-state index < -0.39 is 0 Å². The van der Waals surface area contributed by atoms with Gasteiger partial charge in [-0.05, 0) is 53.0 Å². The van der Waals surface area contributed by atoms with Gasteiger partial charge in [0, 0.05) is 5.56 Å². The molecule has 2 aromatic carbocycles. The Morgan fingerprint density at radius 2 is 1.64 bits per heavy atom. The van der Waals surface area contributed by atoms with Crippen molar-refractivity contribution >= 4 is 6.29 Å². The van der Waals surface area contributed by atoms with Gasteiger partial charge in [0.1, 0.15) is 18.2 Å². The van der Waals surface area contributed by atoms with Gasteiger partial charge in [0.15, 0.2) is 6.29 Å². The van der Waals surface area contributed by atoms with E-state index in [1.54, 1.807) is 12.1 Å². The molecule has 0 amide bonds. The summed E-state index contributed by atoms with van der Waals surface area (Å²) in [5.41, 5.74) is 3.84. The predicted octanol–water partition coefficient (Wildman–Crippen LogP) is 5.57. The van der Waals surface area contributed by atoms with Gasteiger partial charge in [-0.25, -0.2) is 4.39 Å². The maximum atomic E-state index is 13.1. The van der Waals surface area contributed by atoms with Crippen LogP contribution in [-0.4, -0.2) is 6.29 Å². The molecule has 0 bridgehead atoms. The molecule has 132 valence electrons.